The molecule has 2 N–H and O–H groups in total. The van der Waals surface area contributed by atoms with E-state index < -0.39 is 12.0 Å². The van der Waals surface area contributed by atoms with Gasteiger partial charge in [-0.3, -0.25) is 4.79 Å². The minimum Gasteiger partial charge on any atom is -0.490 e. The lowest BCUT2D eigenvalue weighted by Gasteiger charge is -2.25. The van der Waals surface area contributed by atoms with Gasteiger partial charge in [0.05, 0.1) is 13.2 Å². The van der Waals surface area contributed by atoms with Crippen LogP contribution in [0.3, 0.4) is 0 Å². The quantitative estimate of drug-likeness (QED) is 0.849. The van der Waals surface area contributed by atoms with Gasteiger partial charge in [-0.2, -0.15) is 0 Å². The van der Waals surface area contributed by atoms with Crippen molar-refractivity contribution < 1.29 is 19.4 Å². The van der Waals surface area contributed by atoms with Crippen LogP contribution in [-0.2, 0) is 11.2 Å². The number of hydrogen-bond donors (Lipinski definition) is 2. The number of hydrogen-bond acceptors (Lipinski definition) is 4. The highest BCUT2D eigenvalue weighted by Crippen LogP contribution is 2.35. The Kier molecular flexibility index (Phi) is 4.27. The van der Waals surface area contributed by atoms with Gasteiger partial charge in [-0.15, -0.1) is 0 Å². The predicted octanol–water partition coefficient (Wildman–Crippen LogP) is 1.76. The molecule has 5 nitrogen and oxygen atoms in total. The van der Waals surface area contributed by atoms with Crippen molar-refractivity contribution in [1.29, 1.82) is 0 Å². The van der Waals surface area contributed by atoms with E-state index in [1.54, 1.807) is 6.07 Å². The molecule has 0 aliphatic carbocycles. The summed E-state index contributed by atoms with van der Waals surface area (Å²) in [6.45, 7) is 5.53. The van der Waals surface area contributed by atoms with Crippen molar-refractivity contribution in [3.63, 3.8) is 0 Å². The van der Waals surface area contributed by atoms with E-state index in [1.807, 2.05) is 19.9 Å². The Morgan fingerprint density at radius 2 is 1.95 bits per heavy atom. The highest BCUT2D eigenvalue weighted by Gasteiger charge is 2.27. The Bertz CT molecular complexity index is 473. The molecule has 104 valence electrons. The molecule has 1 aromatic rings. The summed E-state index contributed by atoms with van der Waals surface area (Å²) in [5.74, 6) is 0.430. The van der Waals surface area contributed by atoms with Crippen molar-refractivity contribution in [2.24, 2.45) is 0 Å². The van der Waals surface area contributed by atoms with E-state index in [4.69, 9.17) is 9.47 Å². The predicted molar refractivity (Wildman–Crippen MR) is 70.9 cm³/mol. The van der Waals surface area contributed by atoms with Crippen LogP contribution in [0.2, 0.25) is 0 Å². The van der Waals surface area contributed by atoms with Crippen LogP contribution in [0.4, 0.5) is 0 Å². The van der Waals surface area contributed by atoms with Gasteiger partial charge in [0.2, 0.25) is 0 Å². The van der Waals surface area contributed by atoms with Gasteiger partial charge in [-0.1, -0.05) is 0 Å². The maximum absolute atomic E-state index is 11.3. The molecule has 1 aliphatic rings. The molecule has 0 saturated heterocycles. The van der Waals surface area contributed by atoms with Crippen LogP contribution in [0.15, 0.2) is 12.1 Å². The fraction of sp³-hybridized carbons (Fsp3) is 0.500. The first kappa shape index (κ1) is 13.7. The number of carboxylic acids is 1. The molecule has 1 aromatic carbocycles. The highest BCUT2D eigenvalue weighted by molar-refractivity contribution is 5.77. The number of fused-ring (bicyclic) bond motifs is 1. The molecule has 5 heteroatoms. The number of rotatable bonds is 5. The fourth-order valence-corrected chi connectivity index (χ4v) is 2.32. The number of carboxylic acid groups (broad SMARTS) is 1. The van der Waals surface area contributed by atoms with Gasteiger partial charge in [0.1, 0.15) is 6.04 Å². The Morgan fingerprint density at radius 3 is 2.53 bits per heavy atom. The van der Waals surface area contributed by atoms with Crippen LogP contribution in [0.5, 0.6) is 11.5 Å². The maximum atomic E-state index is 11.3. The molecule has 0 saturated carbocycles. The zero-order chi connectivity index (χ0) is 13.8. The minimum absolute atomic E-state index is 0.518. The van der Waals surface area contributed by atoms with Crippen molar-refractivity contribution in [2.45, 2.75) is 26.3 Å². The maximum Gasteiger partial charge on any atom is 0.325 e. The summed E-state index contributed by atoms with van der Waals surface area (Å²) in [5, 5.41) is 12.2. The second kappa shape index (κ2) is 5.93. The first-order valence-electron chi connectivity index (χ1n) is 6.56. The molecular formula is C14H19NO4. The van der Waals surface area contributed by atoms with E-state index in [-0.39, 0.29) is 0 Å². The second-order valence-corrected chi connectivity index (χ2v) is 4.34. The summed E-state index contributed by atoms with van der Waals surface area (Å²) in [6, 6.07) is 3.02. The van der Waals surface area contributed by atoms with Crippen molar-refractivity contribution in [1.82, 2.24) is 5.32 Å². The first-order valence-corrected chi connectivity index (χ1v) is 6.56. The zero-order valence-corrected chi connectivity index (χ0v) is 11.2. The standard InChI is InChI=1S/C14H19NO4/c1-3-18-11-7-9-5-6-15-13(14(16)17)10(9)8-12(11)19-4-2/h7-8,13,15H,3-6H2,1-2H3,(H,16,17)/t13-/m0/s1. The van der Waals surface area contributed by atoms with Crippen LogP contribution in [-0.4, -0.2) is 30.8 Å². The van der Waals surface area contributed by atoms with Crippen molar-refractivity contribution in [2.75, 3.05) is 19.8 Å². The van der Waals surface area contributed by atoms with Crippen LogP contribution >= 0.6 is 0 Å². The summed E-state index contributed by atoms with van der Waals surface area (Å²) >= 11 is 0. The second-order valence-electron chi connectivity index (χ2n) is 4.34. The zero-order valence-electron chi connectivity index (χ0n) is 11.2. The molecule has 1 heterocycles. The van der Waals surface area contributed by atoms with Crippen molar-refractivity contribution >= 4 is 5.97 Å². The fourth-order valence-electron chi connectivity index (χ4n) is 2.32. The van der Waals surface area contributed by atoms with E-state index in [1.165, 1.54) is 0 Å². The smallest absolute Gasteiger partial charge is 0.325 e. The van der Waals surface area contributed by atoms with Crippen molar-refractivity contribution in [3.8, 4) is 11.5 Å². The van der Waals surface area contributed by atoms with E-state index in [2.05, 4.69) is 5.32 Å². The molecule has 1 atom stereocenters. The van der Waals surface area contributed by atoms with E-state index in [0.29, 0.717) is 31.3 Å². The first-order chi connectivity index (χ1) is 9.17. The van der Waals surface area contributed by atoms with Gasteiger partial charge in [-0.05, 0) is 43.5 Å². The summed E-state index contributed by atoms with van der Waals surface area (Å²) in [4.78, 5) is 11.3. The normalized spacial score (nSPS) is 17.7. The third-order valence-corrected chi connectivity index (χ3v) is 3.11. The largest absolute Gasteiger partial charge is 0.490 e. The van der Waals surface area contributed by atoms with Crippen molar-refractivity contribution in [3.05, 3.63) is 23.3 Å². The number of ether oxygens (including phenoxy) is 2. The Labute approximate surface area is 112 Å². The molecule has 0 spiro atoms. The molecular weight excluding hydrogens is 246 g/mol. The van der Waals surface area contributed by atoms with E-state index in [0.717, 1.165) is 17.5 Å². The van der Waals surface area contributed by atoms with E-state index >= 15 is 0 Å². The van der Waals surface area contributed by atoms with Crippen LogP contribution < -0.4 is 14.8 Å². The molecule has 19 heavy (non-hydrogen) atoms. The molecule has 0 fully saturated rings. The van der Waals surface area contributed by atoms with Gasteiger partial charge >= 0.3 is 5.97 Å². The Morgan fingerprint density at radius 1 is 1.32 bits per heavy atom. The monoisotopic (exact) mass is 265 g/mol. The SMILES string of the molecule is CCOc1cc2c(cc1OCC)[C@@H](C(=O)O)NCC2. The summed E-state index contributed by atoms with van der Waals surface area (Å²) in [7, 11) is 0. The molecule has 0 amide bonds. The molecule has 0 unspecified atom stereocenters. The molecule has 0 aromatic heterocycles. The average molecular weight is 265 g/mol. The lowest BCUT2D eigenvalue weighted by atomic mass is 9.93. The summed E-state index contributed by atoms with van der Waals surface area (Å²) in [6.07, 6.45) is 0.797. The summed E-state index contributed by atoms with van der Waals surface area (Å²) in [5.41, 5.74) is 1.78. The number of nitrogens with one attached hydrogen (secondary N) is 1. The lowest BCUT2D eigenvalue weighted by Crippen LogP contribution is -2.35. The van der Waals surface area contributed by atoms with Gasteiger partial charge in [-0.25, -0.2) is 0 Å². The van der Waals surface area contributed by atoms with Crippen LogP contribution in [0.1, 0.15) is 31.0 Å². The third kappa shape index (κ3) is 2.81. The molecule has 1 aliphatic heterocycles. The number of aliphatic carboxylic acids is 1. The molecule has 0 radical (unpaired) electrons. The topological polar surface area (TPSA) is 67.8 Å². The average Bonchev–Trinajstić information content (AvgIpc) is 2.39. The Hall–Kier alpha value is -1.75. The lowest BCUT2D eigenvalue weighted by molar-refractivity contribution is -0.139. The minimum atomic E-state index is -0.868. The third-order valence-electron chi connectivity index (χ3n) is 3.11. The van der Waals surface area contributed by atoms with Crippen LogP contribution in [0, 0.1) is 0 Å². The summed E-state index contributed by atoms with van der Waals surface area (Å²) < 4.78 is 11.1. The highest BCUT2D eigenvalue weighted by atomic mass is 16.5. The number of benzene rings is 1. The number of carbonyl (C=O) groups is 1. The van der Waals surface area contributed by atoms with Gasteiger partial charge in [0.15, 0.2) is 11.5 Å². The molecule has 0 bridgehead atoms. The van der Waals surface area contributed by atoms with Gasteiger partial charge < -0.3 is 19.9 Å². The van der Waals surface area contributed by atoms with Gasteiger partial charge in [0.25, 0.3) is 0 Å². The van der Waals surface area contributed by atoms with Crippen LogP contribution in [0.25, 0.3) is 0 Å². The van der Waals surface area contributed by atoms with E-state index in [9.17, 15) is 9.90 Å². The Balaban J connectivity index is 2.44. The van der Waals surface area contributed by atoms with Gasteiger partial charge in [0, 0.05) is 6.54 Å². The molecule has 2 rings (SSSR count).